The van der Waals surface area contributed by atoms with Crippen LogP contribution in [0.5, 0.6) is 0 Å². The van der Waals surface area contributed by atoms with Crippen molar-refractivity contribution in [1.29, 1.82) is 0 Å². The molecule has 1 N–H and O–H groups in total. The number of benzene rings is 1. The number of fused-ring (bicyclic) bond motifs is 1. The summed E-state index contributed by atoms with van der Waals surface area (Å²) in [6.07, 6.45) is 2.82. The van der Waals surface area contributed by atoms with E-state index in [9.17, 15) is 4.79 Å². The molecule has 0 heterocycles. The Bertz CT molecular complexity index is 446. The van der Waals surface area contributed by atoms with Gasteiger partial charge >= 0.3 is 0 Å². The van der Waals surface area contributed by atoms with E-state index in [4.69, 9.17) is 11.6 Å². The first-order valence-electron chi connectivity index (χ1n) is 7.05. The van der Waals surface area contributed by atoms with Crippen molar-refractivity contribution in [3.8, 4) is 0 Å². The number of hydrogen-bond acceptors (Lipinski definition) is 1. The van der Waals surface area contributed by atoms with Gasteiger partial charge in [0.05, 0.1) is 0 Å². The van der Waals surface area contributed by atoms with Crippen molar-refractivity contribution in [1.82, 2.24) is 5.32 Å². The molecule has 3 unspecified atom stereocenters. The van der Waals surface area contributed by atoms with E-state index < -0.39 is 0 Å². The highest BCUT2D eigenvalue weighted by molar-refractivity contribution is 6.18. The van der Waals surface area contributed by atoms with Gasteiger partial charge in [-0.3, -0.25) is 4.79 Å². The fraction of sp³-hybridized carbons (Fsp3) is 0.562. The number of amides is 1. The maximum absolute atomic E-state index is 12.3. The molecule has 1 aromatic carbocycles. The fourth-order valence-electron chi connectivity index (χ4n) is 2.54. The Balaban J connectivity index is 1.95. The number of nitrogens with one attached hydrogen (secondary N) is 1. The standard InChI is InChI=1S/C16H22ClNO/c1-11(10-17)12(2)18-16(19)15-8-7-13-5-3-4-6-14(13)9-15/h3-6,11-12,15H,7-10H2,1-2H3,(H,18,19). The van der Waals surface area contributed by atoms with E-state index in [1.54, 1.807) is 0 Å². The second-order valence-electron chi connectivity index (χ2n) is 5.64. The lowest BCUT2D eigenvalue weighted by atomic mass is 9.83. The molecule has 104 valence electrons. The second kappa shape index (κ2) is 6.42. The van der Waals surface area contributed by atoms with Crippen LogP contribution in [-0.4, -0.2) is 17.8 Å². The van der Waals surface area contributed by atoms with Crippen molar-refractivity contribution >= 4 is 17.5 Å². The minimum Gasteiger partial charge on any atom is -0.353 e. The van der Waals surface area contributed by atoms with Crippen LogP contribution in [0, 0.1) is 11.8 Å². The molecule has 1 aromatic rings. The first kappa shape index (κ1) is 14.4. The maximum Gasteiger partial charge on any atom is 0.223 e. The molecule has 3 heteroatoms. The summed E-state index contributed by atoms with van der Waals surface area (Å²) in [5, 5.41) is 3.11. The molecule has 1 aliphatic carbocycles. The predicted octanol–water partition coefficient (Wildman–Crippen LogP) is 3.17. The quantitative estimate of drug-likeness (QED) is 0.843. The van der Waals surface area contributed by atoms with Gasteiger partial charge in [0.2, 0.25) is 5.91 Å². The lowest BCUT2D eigenvalue weighted by Crippen LogP contribution is -2.42. The Labute approximate surface area is 120 Å². The van der Waals surface area contributed by atoms with E-state index in [0.717, 1.165) is 19.3 Å². The van der Waals surface area contributed by atoms with Gasteiger partial charge < -0.3 is 5.32 Å². The number of carbonyl (C=O) groups is 1. The van der Waals surface area contributed by atoms with Crippen LogP contribution in [0.15, 0.2) is 24.3 Å². The third-order valence-electron chi connectivity index (χ3n) is 4.18. The number of hydrogen-bond donors (Lipinski definition) is 1. The third-order valence-corrected chi connectivity index (χ3v) is 4.67. The third kappa shape index (κ3) is 3.50. The fourth-order valence-corrected chi connectivity index (χ4v) is 2.81. The van der Waals surface area contributed by atoms with Gasteiger partial charge in [0.15, 0.2) is 0 Å². The molecule has 0 saturated carbocycles. The van der Waals surface area contributed by atoms with Crippen molar-refractivity contribution in [2.45, 2.75) is 39.2 Å². The predicted molar refractivity (Wildman–Crippen MR) is 79.4 cm³/mol. The Morgan fingerprint density at radius 2 is 2.05 bits per heavy atom. The summed E-state index contributed by atoms with van der Waals surface area (Å²) in [6, 6.07) is 8.57. The smallest absolute Gasteiger partial charge is 0.223 e. The number of alkyl halides is 1. The van der Waals surface area contributed by atoms with Gasteiger partial charge in [-0.1, -0.05) is 31.2 Å². The molecule has 0 aromatic heterocycles. The summed E-state index contributed by atoms with van der Waals surface area (Å²) in [7, 11) is 0. The monoisotopic (exact) mass is 279 g/mol. The minimum absolute atomic E-state index is 0.111. The summed E-state index contributed by atoms with van der Waals surface area (Å²) in [5.74, 6) is 1.18. The van der Waals surface area contributed by atoms with Crippen LogP contribution in [0.25, 0.3) is 0 Å². The molecule has 2 nitrogen and oxygen atoms in total. The van der Waals surface area contributed by atoms with Gasteiger partial charge in [0, 0.05) is 17.8 Å². The highest BCUT2D eigenvalue weighted by Crippen LogP contribution is 2.25. The molecule has 2 rings (SSSR count). The molecular weight excluding hydrogens is 258 g/mol. The van der Waals surface area contributed by atoms with Gasteiger partial charge in [-0.05, 0) is 43.2 Å². The summed E-state index contributed by atoms with van der Waals surface area (Å²) >= 11 is 5.83. The van der Waals surface area contributed by atoms with E-state index in [0.29, 0.717) is 11.8 Å². The topological polar surface area (TPSA) is 29.1 Å². The molecule has 3 atom stereocenters. The number of halogens is 1. The molecule has 0 spiro atoms. The lowest BCUT2D eigenvalue weighted by Gasteiger charge is -2.27. The highest BCUT2D eigenvalue weighted by atomic mass is 35.5. The van der Waals surface area contributed by atoms with Crippen LogP contribution in [0.2, 0.25) is 0 Å². The van der Waals surface area contributed by atoms with E-state index in [2.05, 4.69) is 36.5 Å². The lowest BCUT2D eigenvalue weighted by molar-refractivity contribution is -0.126. The zero-order chi connectivity index (χ0) is 13.8. The average Bonchev–Trinajstić information content (AvgIpc) is 2.45. The zero-order valence-corrected chi connectivity index (χ0v) is 12.4. The molecular formula is C16H22ClNO. The molecule has 0 aliphatic heterocycles. The Hall–Kier alpha value is -1.02. The summed E-state index contributed by atoms with van der Waals surface area (Å²) < 4.78 is 0. The first-order chi connectivity index (χ1) is 9.11. The Kier molecular flexibility index (Phi) is 4.87. The summed E-state index contributed by atoms with van der Waals surface area (Å²) in [5.41, 5.74) is 2.72. The average molecular weight is 280 g/mol. The molecule has 0 fully saturated rings. The molecule has 0 radical (unpaired) electrons. The highest BCUT2D eigenvalue weighted by Gasteiger charge is 2.26. The second-order valence-corrected chi connectivity index (χ2v) is 5.95. The Morgan fingerprint density at radius 1 is 1.37 bits per heavy atom. The number of rotatable bonds is 4. The van der Waals surface area contributed by atoms with Crippen molar-refractivity contribution in [3.05, 3.63) is 35.4 Å². The van der Waals surface area contributed by atoms with E-state index in [1.807, 2.05) is 6.92 Å². The van der Waals surface area contributed by atoms with E-state index in [-0.39, 0.29) is 17.9 Å². The summed E-state index contributed by atoms with van der Waals surface area (Å²) in [4.78, 5) is 12.3. The molecule has 1 amide bonds. The minimum atomic E-state index is 0.111. The molecule has 1 aliphatic rings. The van der Waals surface area contributed by atoms with Gasteiger partial charge in [-0.25, -0.2) is 0 Å². The van der Waals surface area contributed by atoms with Crippen LogP contribution in [0.4, 0.5) is 0 Å². The first-order valence-corrected chi connectivity index (χ1v) is 7.58. The molecule has 19 heavy (non-hydrogen) atoms. The maximum atomic E-state index is 12.3. The van der Waals surface area contributed by atoms with Crippen molar-refractivity contribution in [2.24, 2.45) is 11.8 Å². The van der Waals surface area contributed by atoms with Crippen molar-refractivity contribution in [2.75, 3.05) is 5.88 Å². The van der Waals surface area contributed by atoms with Crippen LogP contribution < -0.4 is 5.32 Å². The van der Waals surface area contributed by atoms with Crippen molar-refractivity contribution in [3.63, 3.8) is 0 Å². The normalized spacial score (nSPS) is 21.3. The van der Waals surface area contributed by atoms with Crippen LogP contribution in [0.3, 0.4) is 0 Å². The Morgan fingerprint density at radius 3 is 2.74 bits per heavy atom. The van der Waals surface area contributed by atoms with Gasteiger partial charge in [0.1, 0.15) is 0 Å². The number of aryl methyl sites for hydroxylation is 1. The SMILES string of the molecule is CC(CCl)C(C)NC(=O)C1CCc2ccccc2C1. The van der Waals surface area contributed by atoms with Gasteiger partial charge in [-0.2, -0.15) is 0 Å². The van der Waals surface area contributed by atoms with Gasteiger partial charge in [-0.15, -0.1) is 11.6 Å². The van der Waals surface area contributed by atoms with E-state index in [1.165, 1.54) is 11.1 Å². The van der Waals surface area contributed by atoms with Gasteiger partial charge in [0.25, 0.3) is 0 Å². The van der Waals surface area contributed by atoms with Crippen molar-refractivity contribution < 1.29 is 4.79 Å². The van der Waals surface area contributed by atoms with Crippen LogP contribution >= 0.6 is 11.6 Å². The zero-order valence-electron chi connectivity index (χ0n) is 11.7. The van der Waals surface area contributed by atoms with E-state index >= 15 is 0 Å². The molecule has 0 bridgehead atoms. The summed E-state index contributed by atoms with van der Waals surface area (Å²) in [6.45, 7) is 4.09. The molecule has 0 saturated heterocycles. The van der Waals surface area contributed by atoms with Crippen LogP contribution in [0.1, 0.15) is 31.4 Å². The number of carbonyl (C=O) groups excluding carboxylic acids is 1. The largest absolute Gasteiger partial charge is 0.353 e. The van der Waals surface area contributed by atoms with Crippen LogP contribution in [-0.2, 0) is 17.6 Å².